The van der Waals surface area contributed by atoms with Gasteiger partial charge < -0.3 is 25.2 Å². The van der Waals surface area contributed by atoms with Crippen LogP contribution in [0.25, 0.3) is 0 Å². The van der Waals surface area contributed by atoms with E-state index >= 15 is 0 Å². The smallest absolute Gasteiger partial charge is 0.335 e. The molecule has 0 amide bonds. The summed E-state index contributed by atoms with van der Waals surface area (Å²) in [5, 5.41) is 34.7. The summed E-state index contributed by atoms with van der Waals surface area (Å²) in [5.74, 6) is -1.41. The number of rotatable bonds is 1. The van der Waals surface area contributed by atoms with Crippen molar-refractivity contribution < 1.29 is 30.0 Å². The molecule has 1 heterocycles. The number of aliphatic carboxylic acids is 1. The topological polar surface area (TPSA) is 107 Å². The highest BCUT2D eigenvalue weighted by atomic mass is 16.7. The fourth-order valence-electron chi connectivity index (χ4n) is 0.863. The second-order valence-corrected chi connectivity index (χ2v) is 2.27. The van der Waals surface area contributed by atoms with Gasteiger partial charge in [-0.2, -0.15) is 0 Å². The van der Waals surface area contributed by atoms with Crippen LogP contribution in [0.3, 0.4) is 0 Å². The maximum atomic E-state index is 10.2. The van der Waals surface area contributed by atoms with Crippen LogP contribution in [-0.4, -0.2) is 51.0 Å². The van der Waals surface area contributed by atoms with E-state index in [9.17, 15) is 4.79 Å². The molecule has 0 radical (unpaired) electrons. The van der Waals surface area contributed by atoms with E-state index in [4.69, 9.17) is 20.4 Å². The van der Waals surface area contributed by atoms with Crippen molar-refractivity contribution in [2.24, 2.45) is 0 Å². The average Bonchev–Trinajstić information content (AvgIpc) is 2.17. The number of hydrogen-bond acceptors (Lipinski definition) is 5. The minimum absolute atomic E-state index is 1.41. The molecule has 1 saturated heterocycles. The van der Waals surface area contributed by atoms with Crippen LogP contribution < -0.4 is 0 Å². The molecule has 64 valence electrons. The highest BCUT2D eigenvalue weighted by molar-refractivity contribution is 5.73. The molecule has 1 aliphatic heterocycles. The van der Waals surface area contributed by atoms with Crippen LogP contribution in [-0.2, 0) is 9.53 Å². The normalized spacial score (nSPS) is 44.3. The van der Waals surface area contributed by atoms with Crippen LogP contribution in [0, 0.1) is 0 Å². The quantitative estimate of drug-likeness (QED) is 0.341. The van der Waals surface area contributed by atoms with Gasteiger partial charge in [0.05, 0.1) is 0 Å². The first-order valence-corrected chi connectivity index (χ1v) is 2.96. The second-order valence-electron chi connectivity index (χ2n) is 2.27. The zero-order valence-corrected chi connectivity index (χ0v) is 5.41. The zero-order chi connectivity index (χ0) is 8.59. The van der Waals surface area contributed by atoms with Gasteiger partial charge in [0.25, 0.3) is 0 Å². The lowest BCUT2D eigenvalue weighted by molar-refractivity contribution is -0.165. The fourth-order valence-corrected chi connectivity index (χ4v) is 0.863. The van der Waals surface area contributed by atoms with Crippen molar-refractivity contribution in [3.05, 3.63) is 0 Å². The van der Waals surface area contributed by atoms with Gasteiger partial charge in [-0.05, 0) is 0 Å². The predicted octanol–water partition coefficient (Wildman–Crippen LogP) is -2.49. The molecule has 1 fully saturated rings. The monoisotopic (exact) mass is 164 g/mol. The molecule has 0 spiro atoms. The van der Waals surface area contributed by atoms with Crippen molar-refractivity contribution in [1.29, 1.82) is 0 Å². The summed E-state index contributed by atoms with van der Waals surface area (Å²) in [6.07, 6.45) is -6.27. The highest BCUT2D eigenvalue weighted by Crippen LogP contribution is 2.19. The summed E-state index contributed by atoms with van der Waals surface area (Å²) < 4.78 is 4.30. The van der Waals surface area contributed by atoms with Crippen molar-refractivity contribution in [2.75, 3.05) is 0 Å². The summed E-state index contributed by atoms with van der Waals surface area (Å²) in [5.41, 5.74) is 0. The van der Waals surface area contributed by atoms with Crippen molar-refractivity contribution in [1.82, 2.24) is 0 Å². The molecule has 0 aromatic rings. The molecule has 0 saturated carbocycles. The predicted molar refractivity (Wildman–Crippen MR) is 30.5 cm³/mol. The van der Waals surface area contributed by atoms with E-state index in [1.54, 1.807) is 0 Å². The Bertz CT molecular complexity index is 168. The molecule has 1 unspecified atom stereocenters. The van der Waals surface area contributed by atoms with Crippen LogP contribution in [0.5, 0.6) is 0 Å². The van der Waals surface area contributed by atoms with E-state index in [-0.39, 0.29) is 0 Å². The molecule has 6 heteroatoms. The van der Waals surface area contributed by atoms with Crippen LogP contribution in [0.15, 0.2) is 0 Å². The van der Waals surface area contributed by atoms with Crippen LogP contribution in [0.1, 0.15) is 0 Å². The average molecular weight is 164 g/mol. The minimum Gasteiger partial charge on any atom is -0.479 e. The second kappa shape index (κ2) is 2.74. The Hall–Kier alpha value is -0.690. The lowest BCUT2D eigenvalue weighted by Crippen LogP contribution is -2.36. The van der Waals surface area contributed by atoms with Gasteiger partial charge in [0.15, 0.2) is 12.4 Å². The Balaban J connectivity index is 2.67. The molecule has 1 rings (SSSR count). The van der Waals surface area contributed by atoms with E-state index in [1.165, 1.54) is 0 Å². The molecule has 0 aliphatic carbocycles. The summed E-state index contributed by atoms with van der Waals surface area (Å²) in [6, 6.07) is 0. The van der Waals surface area contributed by atoms with Gasteiger partial charge in [-0.15, -0.1) is 0 Å². The third-order valence-corrected chi connectivity index (χ3v) is 1.48. The van der Waals surface area contributed by atoms with E-state index in [1.807, 2.05) is 0 Å². The SMILES string of the molecule is O=C(O)[C@H]1OC(O)[C@H](O)[C@@H]1O. The molecule has 11 heavy (non-hydrogen) atoms. The summed E-state index contributed by atoms with van der Waals surface area (Å²) in [4.78, 5) is 10.2. The first-order chi connectivity index (χ1) is 5.04. The molecule has 1 aliphatic rings. The Morgan fingerprint density at radius 3 is 1.91 bits per heavy atom. The van der Waals surface area contributed by atoms with Crippen LogP contribution in [0.2, 0.25) is 0 Å². The lowest BCUT2D eigenvalue weighted by atomic mass is 10.1. The van der Waals surface area contributed by atoms with Crippen molar-refractivity contribution in [3.63, 3.8) is 0 Å². The van der Waals surface area contributed by atoms with Crippen LogP contribution in [0.4, 0.5) is 0 Å². The zero-order valence-electron chi connectivity index (χ0n) is 5.41. The largest absolute Gasteiger partial charge is 0.479 e. The summed E-state index contributed by atoms with van der Waals surface area (Å²) >= 11 is 0. The van der Waals surface area contributed by atoms with Gasteiger partial charge >= 0.3 is 5.97 Å². The van der Waals surface area contributed by atoms with Gasteiger partial charge in [-0.3, -0.25) is 0 Å². The first kappa shape index (κ1) is 8.41. The highest BCUT2D eigenvalue weighted by Gasteiger charge is 2.45. The molecule has 4 N–H and O–H groups in total. The minimum atomic E-state index is -1.62. The Kier molecular flexibility index (Phi) is 2.10. The van der Waals surface area contributed by atoms with Crippen molar-refractivity contribution >= 4 is 5.97 Å². The summed E-state index contributed by atoms with van der Waals surface area (Å²) in [7, 11) is 0. The Labute approximate surface area is 61.6 Å². The maximum Gasteiger partial charge on any atom is 0.335 e. The molecular formula is C5H8O6. The fraction of sp³-hybridized carbons (Fsp3) is 0.800. The molecule has 0 bridgehead atoms. The lowest BCUT2D eigenvalue weighted by Gasteiger charge is -2.08. The Morgan fingerprint density at radius 2 is 1.73 bits per heavy atom. The standard InChI is InChI=1S/C5H8O6/c6-1-2(7)5(10)11-3(1)4(8)9/h1-3,5-7,10H,(H,8,9)/t1-,2+,3-,5?/m0/s1. The number of aliphatic hydroxyl groups is 3. The summed E-state index contributed by atoms with van der Waals surface area (Å²) in [6.45, 7) is 0. The number of carbonyl (C=O) groups is 1. The van der Waals surface area contributed by atoms with Gasteiger partial charge in [-0.25, -0.2) is 4.79 Å². The molecule has 0 aromatic heterocycles. The Morgan fingerprint density at radius 1 is 1.18 bits per heavy atom. The first-order valence-electron chi connectivity index (χ1n) is 2.96. The van der Waals surface area contributed by atoms with E-state index < -0.39 is 30.6 Å². The number of carboxylic acids is 1. The van der Waals surface area contributed by atoms with Crippen molar-refractivity contribution in [3.8, 4) is 0 Å². The third-order valence-electron chi connectivity index (χ3n) is 1.48. The van der Waals surface area contributed by atoms with Gasteiger partial charge in [0.2, 0.25) is 0 Å². The van der Waals surface area contributed by atoms with Crippen molar-refractivity contribution in [2.45, 2.75) is 24.6 Å². The van der Waals surface area contributed by atoms with Gasteiger partial charge in [0.1, 0.15) is 12.2 Å². The third kappa shape index (κ3) is 1.33. The molecule has 4 atom stereocenters. The van der Waals surface area contributed by atoms with E-state index in [0.29, 0.717) is 0 Å². The number of carboxylic acid groups (broad SMARTS) is 1. The number of hydrogen-bond donors (Lipinski definition) is 4. The van der Waals surface area contributed by atoms with E-state index in [2.05, 4.69) is 4.74 Å². The van der Waals surface area contributed by atoms with Gasteiger partial charge in [0, 0.05) is 0 Å². The molecule has 6 nitrogen and oxygen atoms in total. The molecule has 0 aromatic carbocycles. The number of aliphatic hydroxyl groups excluding tert-OH is 3. The maximum absolute atomic E-state index is 10.2. The van der Waals surface area contributed by atoms with E-state index in [0.717, 1.165) is 0 Å². The van der Waals surface area contributed by atoms with Crippen LogP contribution >= 0.6 is 0 Å². The number of ether oxygens (including phenoxy) is 1. The van der Waals surface area contributed by atoms with Gasteiger partial charge in [-0.1, -0.05) is 0 Å². The molecular weight excluding hydrogens is 156 g/mol.